The van der Waals surface area contributed by atoms with Gasteiger partial charge < -0.3 is 5.73 Å². The van der Waals surface area contributed by atoms with E-state index in [0.29, 0.717) is 0 Å². The zero-order valence-corrected chi connectivity index (χ0v) is 11.6. The molecule has 1 aromatic carbocycles. The van der Waals surface area contributed by atoms with Crippen molar-refractivity contribution in [2.75, 3.05) is 4.72 Å². The van der Waals surface area contributed by atoms with Crippen LogP contribution in [0, 0.1) is 0 Å². The lowest BCUT2D eigenvalue weighted by atomic mass is 10.2. The van der Waals surface area contributed by atoms with Crippen molar-refractivity contribution in [1.29, 1.82) is 0 Å². The largest absolute Gasteiger partial charge is 0.326 e. The van der Waals surface area contributed by atoms with Gasteiger partial charge in [-0.05, 0) is 17.7 Å². The van der Waals surface area contributed by atoms with Crippen molar-refractivity contribution in [2.45, 2.75) is 11.4 Å². The molecule has 9 heteroatoms. The summed E-state index contributed by atoms with van der Waals surface area (Å²) in [6, 6.07) is 4.53. The van der Waals surface area contributed by atoms with Gasteiger partial charge in [-0.2, -0.15) is 10.1 Å². The minimum Gasteiger partial charge on any atom is -0.326 e. The van der Waals surface area contributed by atoms with Crippen LogP contribution in [-0.2, 0) is 23.6 Å². The molecule has 0 bridgehead atoms. The number of nitrogens with zero attached hydrogens (tertiary/aromatic N) is 3. The van der Waals surface area contributed by atoms with E-state index < -0.39 is 10.0 Å². The fraction of sp³-hybridized carbons (Fsp3) is 0.200. The van der Waals surface area contributed by atoms with Gasteiger partial charge in [-0.3, -0.25) is 0 Å². The average Bonchev–Trinajstić information content (AvgIpc) is 2.73. The first kappa shape index (κ1) is 13.8. The number of sulfonamides is 1. The van der Waals surface area contributed by atoms with Crippen molar-refractivity contribution >= 4 is 27.6 Å². The number of aromatic nitrogens is 3. The Hall–Kier alpha value is -1.64. The molecule has 7 nitrogen and oxygen atoms in total. The van der Waals surface area contributed by atoms with Crippen LogP contribution >= 0.6 is 11.6 Å². The van der Waals surface area contributed by atoms with E-state index in [0.717, 1.165) is 5.56 Å². The number of halogens is 1. The molecule has 0 atom stereocenters. The maximum atomic E-state index is 12.2. The smallest absolute Gasteiger partial charge is 0.265 e. The van der Waals surface area contributed by atoms with Crippen LogP contribution in [-0.4, -0.2) is 23.2 Å². The van der Waals surface area contributed by atoms with Crippen LogP contribution in [0.4, 0.5) is 5.95 Å². The topological polar surface area (TPSA) is 103 Å². The van der Waals surface area contributed by atoms with E-state index >= 15 is 0 Å². The predicted molar refractivity (Wildman–Crippen MR) is 71.2 cm³/mol. The van der Waals surface area contributed by atoms with Gasteiger partial charge in [0.05, 0.1) is 5.02 Å². The molecule has 1 aromatic heterocycles. The molecule has 0 amide bonds. The quantitative estimate of drug-likeness (QED) is 0.866. The van der Waals surface area contributed by atoms with Gasteiger partial charge in [-0.15, -0.1) is 0 Å². The highest BCUT2D eigenvalue weighted by atomic mass is 35.5. The summed E-state index contributed by atoms with van der Waals surface area (Å²) in [7, 11) is -2.23. The van der Waals surface area contributed by atoms with Crippen LogP contribution in [0.1, 0.15) is 5.56 Å². The summed E-state index contributed by atoms with van der Waals surface area (Å²) in [6.07, 6.45) is 1.25. The molecule has 0 saturated heterocycles. The van der Waals surface area contributed by atoms with Crippen molar-refractivity contribution < 1.29 is 8.42 Å². The SMILES string of the molecule is Cn1ncnc1NS(=O)(=O)c1ccc(CN)cc1Cl. The Labute approximate surface area is 115 Å². The predicted octanol–water partition coefficient (Wildman–Crippen LogP) is 0.728. The third kappa shape index (κ3) is 2.86. The van der Waals surface area contributed by atoms with E-state index in [-0.39, 0.29) is 22.4 Å². The molecule has 102 valence electrons. The molecule has 0 aliphatic carbocycles. The third-order valence-electron chi connectivity index (χ3n) is 2.46. The molecule has 0 fully saturated rings. The second-order valence-electron chi connectivity index (χ2n) is 3.78. The van der Waals surface area contributed by atoms with Crippen molar-refractivity contribution in [3.63, 3.8) is 0 Å². The minimum atomic E-state index is -3.81. The van der Waals surface area contributed by atoms with E-state index in [1.807, 2.05) is 0 Å². The summed E-state index contributed by atoms with van der Waals surface area (Å²) in [4.78, 5) is 3.76. The molecule has 0 radical (unpaired) electrons. The zero-order chi connectivity index (χ0) is 14.0. The molecule has 0 unspecified atom stereocenters. The number of hydrogen-bond acceptors (Lipinski definition) is 5. The summed E-state index contributed by atoms with van der Waals surface area (Å²) < 4.78 is 27.9. The van der Waals surface area contributed by atoms with Crippen LogP contribution in [0.15, 0.2) is 29.4 Å². The first-order valence-electron chi connectivity index (χ1n) is 5.29. The van der Waals surface area contributed by atoms with Gasteiger partial charge in [-0.25, -0.2) is 17.8 Å². The fourth-order valence-electron chi connectivity index (χ4n) is 1.45. The second-order valence-corrected chi connectivity index (χ2v) is 5.84. The Morgan fingerprint density at radius 2 is 2.21 bits per heavy atom. The van der Waals surface area contributed by atoms with Gasteiger partial charge in [0.2, 0.25) is 5.95 Å². The summed E-state index contributed by atoms with van der Waals surface area (Å²) in [5, 5.41) is 3.88. The molecule has 0 saturated carbocycles. The van der Waals surface area contributed by atoms with E-state index in [9.17, 15) is 8.42 Å². The molecule has 0 spiro atoms. The molecule has 0 aliphatic rings. The molecule has 19 heavy (non-hydrogen) atoms. The maximum Gasteiger partial charge on any atom is 0.265 e. The van der Waals surface area contributed by atoms with Gasteiger partial charge in [0, 0.05) is 13.6 Å². The van der Waals surface area contributed by atoms with Gasteiger partial charge in [0.25, 0.3) is 10.0 Å². The van der Waals surface area contributed by atoms with E-state index in [1.165, 1.54) is 23.1 Å². The zero-order valence-electron chi connectivity index (χ0n) is 10.0. The number of nitrogens with one attached hydrogen (secondary N) is 1. The normalized spacial score (nSPS) is 11.5. The molecule has 1 heterocycles. The van der Waals surface area contributed by atoms with E-state index in [4.69, 9.17) is 17.3 Å². The monoisotopic (exact) mass is 301 g/mol. The van der Waals surface area contributed by atoms with Crippen molar-refractivity contribution in [2.24, 2.45) is 12.8 Å². The highest BCUT2D eigenvalue weighted by Gasteiger charge is 2.20. The molecular formula is C10H12ClN5O2S. The molecule has 3 N–H and O–H groups in total. The lowest BCUT2D eigenvalue weighted by molar-refractivity contribution is 0.600. The minimum absolute atomic E-state index is 0.0330. The summed E-state index contributed by atoms with van der Waals surface area (Å²) in [5.74, 6) is 0.110. The Morgan fingerprint density at radius 1 is 1.47 bits per heavy atom. The average molecular weight is 302 g/mol. The second kappa shape index (κ2) is 5.16. The standard InChI is InChI=1S/C10H12ClN5O2S/c1-16-10(13-6-14-16)15-19(17,18)9-3-2-7(5-12)4-8(9)11/h2-4,6H,5,12H2,1H3,(H,13,14,15). The van der Waals surface area contributed by atoms with Gasteiger partial charge in [-0.1, -0.05) is 17.7 Å². The Bertz CT molecular complexity index is 698. The number of hydrogen-bond donors (Lipinski definition) is 2. The van der Waals surface area contributed by atoms with Crippen molar-refractivity contribution in [3.8, 4) is 0 Å². The van der Waals surface area contributed by atoms with Gasteiger partial charge in [0.1, 0.15) is 11.2 Å². The molecule has 2 aromatic rings. The Kier molecular flexibility index (Phi) is 3.74. The summed E-state index contributed by atoms with van der Waals surface area (Å²) in [5.41, 5.74) is 6.21. The summed E-state index contributed by atoms with van der Waals surface area (Å²) in [6.45, 7) is 0.288. The number of rotatable bonds is 4. The van der Waals surface area contributed by atoms with Crippen LogP contribution in [0.3, 0.4) is 0 Å². The van der Waals surface area contributed by atoms with Crippen LogP contribution in [0.2, 0.25) is 5.02 Å². The third-order valence-corrected chi connectivity index (χ3v) is 4.27. The highest BCUT2D eigenvalue weighted by molar-refractivity contribution is 7.92. The number of anilines is 1. The number of nitrogens with two attached hydrogens (primary N) is 1. The van der Waals surface area contributed by atoms with E-state index in [1.54, 1.807) is 13.1 Å². The number of aryl methyl sites for hydroxylation is 1. The van der Waals surface area contributed by atoms with E-state index in [2.05, 4.69) is 14.8 Å². The van der Waals surface area contributed by atoms with Gasteiger partial charge in [0.15, 0.2) is 0 Å². The Morgan fingerprint density at radius 3 is 2.74 bits per heavy atom. The van der Waals surface area contributed by atoms with Crippen molar-refractivity contribution in [3.05, 3.63) is 35.1 Å². The lowest BCUT2D eigenvalue weighted by Crippen LogP contribution is -2.16. The van der Waals surface area contributed by atoms with Gasteiger partial charge >= 0.3 is 0 Å². The number of benzene rings is 1. The fourth-order valence-corrected chi connectivity index (χ4v) is 3.06. The Balaban J connectivity index is 2.37. The summed E-state index contributed by atoms with van der Waals surface area (Å²) >= 11 is 5.96. The molecule has 2 rings (SSSR count). The first-order valence-corrected chi connectivity index (χ1v) is 7.15. The highest BCUT2D eigenvalue weighted by Crippen LogP contribution is 2.24. The van der Waals surface area contributed by atoms with Crippen molar-refractivity contribution in [1.82, 2.24) is 14.8 Å². The van der Waals surface area contributed by atoms with Crippen LogP contribution < -0.4 is 10.5 Å². The van der Waals surface area contributed by atoms with Crippen LogP contribution in [0.5, 0.6) is 0 Å². The molecular weight excluding hydrogens is 290 g/mol. The molecule has 0 aliphatic heterocycles. The van der Waals surface area contributed by atoms with Crippen LogP contribution in [0.25, 0.3) is 0 Å². The maximum absolute atomic E-state index is 12.2. The lowest BCUT2D eigenvalue weighted by Gasteiger charge is -2.09. The first-order chi connectivity index (χ1) is 8.94.